The number of carbonyl (C=O) groups excluding carboxylic acids is 1. The van der Waals surface area contributed by atoms with Gasteiger partial charge in [0.25, 0.3) is 0 Å². The van der Waals surface area contributed by atoms with Gasteiger partial charge in [-0.15, -0.1) is 12.4 Å². The Morgan fingerprint density at radius 3 is 2.56 bits per heavy atom. The monoisotopic (exact) mass is 409 g/mol. The molecule has 0 fully saturated rings. The topological polar surface area (TPSA) is 79.4 Å². The Hall–Kier alpha value is -2.55. The first-order chi connectivity index (χ1) is 12.4. The van der Waals surface area contributed by atoms with Gasteiger partial charge >= 0.3 is 0 Å². The summed E-state index contributed by atoms with van der Waals surface area (Å²) in [4.78, 5) is 16.2. The number of rotatable bonds is 5. The van der Waals surface area contributed by atoms with Crippen LogP contribution in [0, 0.1) is 5.82 Å². The quantitative estimate of drug-likeness (QED) is 0.702. The minimum Gasteiger partial charge on any atom is -0.325 e. The van der Waals surface area contributed by atoms with Gasteiger partial charge < -0.3 is 5.32 Å². The molecule has 0 atom stereocenters. The number of sulfonamides is 1. The highest BCUT2D eigenvalue weighted by Crippen LogP contribution is 2.24. The molecule has 3 rings (SSSR count). The molecule has 0 spiro atoms. The molecule has 1 aromatic heterocycles. The van der Waals surface area contributed by atoms with Gasteiger partial charge in [0, 0.05) is 35.9 Å². The third kappa shape index (κ3) is 4.60. The third-order valence-corrected chi connectivity index (χ3v) is 5.68. The van der Waals surface area contributed by atoms with E-state index in [1.54, 1.807) is 24.4 Å². The first kappa shape index (κ1) is 20.8. The van der Waals surface area contributed by atoms with Gasteiger partial charge in [-0.25, -0.2) is 12.8 Å². The van der Waals surface area contributed by atoms with Crippen LogP contribution in [-0.2, 0) is 14.8 Å². The van der Waals surface area contributed by atoms with E-state index in [-0.39, 0.29) is 23.8 Å². The number of benzene rings is 2. The fraction of sp³-hybridized carbons (Fsp3) is 0.111. The number of carbonyl (C=O) groups is 1. The van der Waals surface area contributed by atoms with Gasteiger partial charge in [0.1, 0.15) is 5.82 Å². The number of halogens is 2. The maximum atomic E-state index is 12.9. The predicted octanol–water partition coefficient (Wildman–Crippen LogP) is 3.05. The van der Waals surface area contributed by atoms with Crippen molar-refractivity contribution in [2.75, 3.05) is 18.9 Å². The molecular formula is C18H17ClFN3O3S. The number of amides is 1. The summed E-state index contributed by atoms with van der Waals surface area (Å²) in [6, 6.07) is 11.7. The van der Waals surface area contributed by atoms with Crippen molar-refractivity contribution in [2.45, 2.75) is 4.90 Å². The van der Waals surface area contributed by atoms with Gasteiger partial charge in [-0.1, -0.05) is 12.1 Å². The lowest BCUT2D eigenvalue weighted by molar-refractivity contribution is -0.116. The molecule has 2 aromatic carbocycles. The van der Waals surface area contributed by atoms with Crippen molar-refractivity contribution in [3.8, 4) is 0 Å². The first-order valence-corrected chi connectivity index (χ1v) is 9.16. The fourth-order valence-electron chi connectivity index (χ4n) is 2.51. The summed E-state index contributed by atoms with van der Waals surface area (Å²) in [6.07, 6.45) is 3.10. The van der Waals surface area contributed by atoms with Crippen molar-refractivity contribution in [1.29, 1.82) is 0 Å². The van der Waals surface area contributed by atoms with Crippen LogP contribution in [0.25, 0.3) is 10.8 Å². The Bertz CT molecular complexity index is 1050. The van der Waals surface area contributed by atoms with E-state index in [1.807, 2.05) is 0 Å². The van der Waals surface area contributed by atoms with E-state index in [1.165, 1.54) is 43.6 Å². The molecule has 27 heavy (non-hydrogen) atoms. The Balaban J connectivity index is 0.00000261. The second-order valence-electron chi connectivity index (χ2n) is 5.67. The van der Waals surface area contributed by atoms with Crippen LogP contribution in [0.5, 0.6) is 0 Å². The zero-order valence-corrected chi connectivity index (χ0v) is 15.9. The zero-order valence-electron chi connectivity index (χ0n) is 14.3. The molecule has 0 aliphatic rings. The number of fused-ring (bicyclic) bond motifs is 1. The summed E-state index contributed by atoms with van der Waals surface area (Å²) < 4.78 is 39.6. The first-order valence-electron chi connectivity index (χ1n) is 7.72. The molecular weight excluding hydrogens is 393 g/mol. The number of aromatic nitrogens is 1. The van der Waals surface area contributed by atoms with E-state index >= 15 is 0 Å². The molecule has 1 heterocycles. The van der Waals surface area contributed by atoms with Crippen molar-refractivity contribution in [2.24, 2.45) is 0 Å². The Labute approximate surface area is 162 Å². The van der Waals surface area contributed by atoms with Crippen molar-refractivity contribution in [3.63, 3.8) is 0 Å². The maximum absolute atomic E-state index is 12.9. The van der Waals surface area contributed by atoms with Crippen LogP contribution in [0.1, 0.15) is 0 Å². The SMILES string of the molecule is CN(CC(=O)Nc1ccc(F)cc1)S(=O)(=O)c1cccc2cnccc12.Cl. The summed E-state index contributed by atoms with van der Waals surface area (Å²) in [7, 11) is -2.54. The molecule has 0 unspecified atom stereocenters. The third-order valence-electron chi connectivity index (χ3n) is 3.82. The van der Waals surface area contributed by atoms with Crippen LogP contribution >= 0.6 is 12.4 Å². The number of nitrogens with zero attached hydrogens (tertiary/aromatic N) is 2. The molecule has 0 aliphatic carbocycles. The second kappa shape index (κ2) is 8.43. The van der Waals surface area contributed by atoms with Gasteiger partial charge in [-0.05, 0) is 36.4 Å². The van der Waals surface area contributed by atoms with Gasteiger partial charge in [0.15, 0.2) is 0 Å². The van der Waals surface area contributed by atoms with E-state index < -0.39 is 21.7 Å². The standard InChI is InChI=1S/C18H16FN3O3S.ClH/c1-22(12-18(23)21-15-7-5-14(19)6-8-15)26(24,25)17-4-2-3-13-11-20-10-9-16(13)17;/h2-11H,12H2,1H3,(H,21,23);1H. The molecule has 1 N–H and O–H groups in total. The van der Waals surface area contributed by atoms with Crippen LogP contribution < -0.4 is 5.32 Å². The van der Waals surface area contributed by atoms with Crippen molar-refractivity contribution < 1.29 is 17.6 Å². The molecule has 0 aliphatic heterocycles. The minimum absolute atomic E-state index is 0. The highest BCUT2D eigenvalue weighted by Gasteiger charge is 2.24. The van der Waals surface area contributed by atoms with Gasteiger partial charge in [-0.3, -0.25) is 9.78 Å². The summed E-state index contributed by atoms with van der Waals surface area (Å²) >= 11 is 0. The highest BCUT2D eigenvalue weighted by atomic mass is 35.5. The van der Waals surface area contributed by atoms with E-state index in [0.717, 1.165) is 4.31 Å². The lowest BCUT2D eigenvalue weighted by Gasteiger charge is -2.18. The summed E-state index contributed by atoms with van der Waals surface area (Å²) in [5.74, 6) is -0.947. The van der Waals surface area contributed by atoms with Crippen molar-refractivity contribution in [3.05, 3.63) is 66.7 Å². The Morgan fingerprint density at radius 2 is 1.85 bits per heavy atom. The summed E-state index contributed by atoms with van der Waals surface area (Å²) in [5.41, 5.74) is 0.387. The Kier molecular flexibility index (Phi) is 6.48. The van der Waals surface area contributed by atoms with Crippen molar-refractivity contribution >= 4 is 44.8 Å². The number of hydrogen-bond acceptors (Lipinski definition) is 4. The normalized spacial score (nSPS) is 11.2. The molecule has 6 nitrogen and oxygen atoms in total. The number of likely N-dealkylation sites (N-methyl/N-ethyl adjacent to an activating group) is 1. The average molecular weight is 410 g/mol. The van der Waals surface area contributed by atoms with Crippen LogP contribution in [0.2, 0.25) is 0 Å². The molecule has 0 saturated heterocycles. The molecule has 1 amide bonds. The van der Waals surface area contributed by atoms with Gasteiger partial charge in [-0.2, -0.15) is 4.31 Å². The number of pyridine rings is 1. The van der Waals surface area contributed by atoms with E-state index in [2.05, 4.69) is 10.3 Å². The smallest absolute Gasteiger partial charge is 0.243 e. The predicted molar refractivity (Wildman–Crippen MR) is 104 cm³/mol. The minimum atomic E-state index is -3.87. The molecule has 3 aromatic rings. The number of hydrogen-bond donors (Lipinski definition) is 1. The van der Waals surface area contributed by atoms with Crippen LogP contribution in [0.3, 0.4) is 0 Å². The zero-order chi connectivity index (χ0) is 18.7. The maximum Gasteiger partial charge on any atom is 0.243 e. The summed E-state index contributed by atoms with van der Waals surface area (Å²) in [5, 5.41) is 3.77. The number of nitrogens with one attached hydrogen (secondary N) is 1. The molecule has 142 valence electrons. The number of anilines is 1. The molecule has 9 heteroatoms. The van der Waals surface area contributed by atoms with Gasteiger partial charge in [0.05, 0.1) is 11.4 Å². The van der Waals surface area contributed by atoms with E-state index in [4.69, 9.17) is 0 Å². The highest BCUT2D eigenvalue weighted by molar-refractivity contribution is 7.89. The van der Waals surface area contributed by atoms with Crippen LogP contribution in [0.15, 0.2) is 65.8 Å². The largest absolute Gasteiger partial charge is 0.325 e. The average Bonchev–Trinajstić information content (AvgIpc) is 2.63. The molecule has 0 radical (unpaired) electrons. The Morgan fingerprint density at radius 1 is 1.15 bits per heavy atom. The van der Waals surface area contributed by atoms with Crippen molar-refractivity contribution in [1.82, 2.24) is 9.29 Å². The molecule has 0 saturated carbocycles. The van der Waals surface area contributed by atoms with E-state index in [9.17, 15) is 17.6 Å². The van der Waals surface area contributed by atoms with Crippen LogP contribution in [0.4, 0.5) is 10.1 Å². The molecule has 0 bridgehead atoms. The lowest BCUT2D eigenvalue weighted by atomic mass is 10.2. The van der Waals surface area contributed by atoms with Crippen LogP contribution in [-0.4, -0.2) is 37.2 Å². The van der Waals surface area contributed by atoms with Gasteiger partial charge in [0.2, 0.25) is 15.9 Å². The second-order valence-corrected chi connectivity index (χ2v) is 7.68. The lowest BCUT2D eigenvalue weighted by Crippen LogP contribution is -2.35. The van der Waals surface area contributed by atoms with E-state index in [0.29, 0.717) is 16.5 Å². The fourth-order valence-corrected chi connectivity index (χ4v) is 3.84. The summed E-state index contributed by atoms with van der Waals surface area (Å²) in [6.45, 7) is -0.374.